The molecule has 4 aliphatic rings. The lowest BCUT2D eigenvalue weighted by molar-refractivity contribution is -0.118. The predicted octanol–water partition coefficient (Wildman–Crippen LogP) is 4.86. The summed E-state index contributed by atoms with van der Waals surface area (Å²) in [5.74, 6) is 0.0227. The molecular formula is C34H44N6O4S. The van der Waals surface area contributed by atoms with Gasteiger partial charge in [-0.25, -0.2) is 4.79 Å². The summed E-state index contributed by atoms with van der Waals surface area (Å²) in [5.41, 5.74) is 2.75. The second-order valence-electron chi connectivity index (χ2n) is 12.6. The van der Waals surface area contributed by atoms with Gasteiger partial charge < -0.3 is 29.9 Å². The number of amides is 3. The summed E-state index contributed by atoms with van der Waals surface area (Å²) in [4.78, 5) is 37.2. The van der Waals surface area contributed by atoms with Gasteiger partial charge in [0, 0.05) is 67.7 Å². The van der Waals surface area contributed by atoms with Crippen LogP contribution in [0.25, 0.3) is 0 Å². The summed E-state index contributed by atoms with van der Waals surface area (Å²) in [7, 11) is 4.10. The molecule has 2 aromatic rings. The zero-order chi connectivity index (χ0) is 31.4. The number of nitrogens with zero attached hydrogens (tertiary/aromatic N) is 4. The van der Waals surface area contributed by atoms with Crippen molar-refractivity contribution in [1.29, 1.82) is 0 Å². The molecule has 2 aromatic carbocycles. The molecule has 11 heteroatoms. The normalized spacial score (nSPS) is 28.8. The molecule has 240 valence electrons. The van der Waals surface area contributed by atoms with Gasteiger partial charge in [0.05, 0.1) is 25.4 Å². The Bertz CT molecular complexity index is 1410. The van der Waals surface area contributed by atoms with Crippen LogP contribution in [0.15, 0.2) is 65.1 Å². The highest BCUT2D eigenvalue weighted by Crippen LogP contribution is 2.53. The Balaban J connectivity index is 1.14. The number of thioether (sulfide) groups is 1. The van der Waals surface area contributed by atoms with Gasteiger partial charge in [0.1, 0.15) is 4.75 Å². The topological polar surface area (TPSA) is 98.7 Å². The van der Waals surface area contributed by atoms with Crippen molar-refractivity contribution in [3.63, 3.8) is 0 Å². The molecule has 10 nitrogen and oxygen atoms in total. The average Bonchev–Trinajstić information content (AvgIpc) is 3.57. The predicted molar refractivity (Wildman–Crippen MR) is 180 cm³/mol. The van der Waals surface area contributed by atoms with E-state index >= 15 is 0 Å². The maximum atomic E-state index is 13.0. The molecule has 0 saturated carbocycles. The molecule has 0 bridgehead atoms. The lowest BCUT2D eigenvalue weighted by atomic mass is 9.73. The van der Waals surface area contributed by atoms with Gasteiger partial charge in [-0.3, -0.25) is 14.7 Å². The molecule has 3 fully saturated rings. The third-order valence-corrected chi connectivity index (χ3v) is 11.0. The minimum absolute atomic E-state index is 0.0227. The first kappa shape index (κ1) is 31.7. The van der Waals surface area contributed by atoms with E-state index in [2.05, 4.69) is 56.1 Å². The first-order chi connectivity index (χ1) is 21.8. The molecular weight excluding hydrogens is 588 g/mol. The van der Waals surface area contributed by atoms with E-state index in [4.69, 9.17) is 9.47 Å². The number of hydrogen-bond acceptors (Lipinski definition) is 8. The second-order valence-corrected chi connectivity index (χ2v) is 13.8. The summed E-state index contributed by atoms with van der Waals surface area (Å²) in [6, 6.07) is 15.5. The van der Waals surface area contributed by atoms with Gasteiger partial charge in [0.15, 0.2) is 0 Å². The van der Waals surface area contributed by atoms with Crippen molar-refractivity contribution in [2.45, 2.75) is 48.6 Å². The molecule has 2 N–H and O–H groups in total. The molecule has 0 radical (unpaired) electrons. The Hall–Kier alpha value is -3.22. The smallest absolute Gasteiger partial charge is 0.323 e. The number of urea groups is 1. The number of carbonyl (C=O) groups is 2. The Morgan fingerprint density at radius 2 is 1.73 bits per heavy atom. The Kier molecular flexibility index (Phi) is 9.62. The van der Waals surface area contributed by atoms with Crippen molar-refractivity contribution in [2.75, 3.05) is 70.8 Å². The molecule has 0 aliphatic carbocycles. The fraction of sp³-hybridized carbons (Fsp3) is 0.500. The molecule has 0 spiro atoms. The number of carbonyl (C=O) groups excluding carboxylic acids is 2. The largest absolute Gasteiger partial charge is 0.379 e. The average molecular weight is 633 g/mol. The van der Waals surface area contributed by atoms with Crippen LogP contribution in [0.3, 0.4) is 0 Å². The molecule has 4 aliphatic heterocycles. The zero-order valence-electron chi connectivity index (χ0n) is 26.4. The maximum absolute atomic E-state index is 13.0. The van der Waals surface area contributed by atoms with Crippen LogP contribution in [0.1, 0.15) is 42.1 Å². The fourth-order valence-electron chi connectivity index (χ4n) is 7.19. The van der Waals surface area contributed by atoms with Crippen LogP contribution in [0.4, 0.5) is 16.2 Å². The van der Waals surface area contributed by atoms with E-state index in [9.17, 15) is 9.59 Å². The maximum Gasteiger partial charge on any atom is 0.323 e. The number of hydrogen-bond donors (Lipinski definition) is 2. The third-order valence-electron chi connectivity index (χ3n) is 9.63. The molecule has 3 amide bonds. The monoisotopic (exact) mass is 632 g/mol. The quantitative estimate of drug-likeness (QED) is 0.450. The fourth-order valence-corrected chi connectivity index (χ4v) is 8.43. The molecule has 6 rings (SSSR count). The molecule has 4 heterocycles. The summed E-state index contributed by atoms with van der Waals surface area (Å²) < 4.78 is 11.6. The van der Waals surface area contributed by atoms with E-state index < -0.39 is 4.75 Å². The molecule has 45 heavy (non-hydrogen) atoms. The lowest BCUT2D eigenvalue weighted by Crippen LogP contribution is -2.69. The van der Waals surface area contributed by atoms with Crippen molar-refractivity contribution < 1.29 is 19.1 Å². The van der Waals surface area contributed by atoms with Crippen molar-refractivity contribution in [1.82, 2.24) is 14.7 Å². The first-order valence-electron chi connectivity index (χ1n) is 15.8. The molecule has 4 atom stereocenters. The molecule has 3 saturated heterocycles. The van der Waals surface area contributed by atoms with E-state index in [0.29, 0.717) is 42.8 Å². The van der Waals surface area contributed by atoms with Crippen LogP contribution < -0.4 is 10.6 Å². The minimum atomic E-state index is -0.462. The number of likely N-dealkylation sites (tertiary alicyclic amines) is 1. The van der Waals surface area contributed by atoms with Crippen LogP contribution in [-0.2, 0) is 14.2 Å². The number of rotatable bonds is 7. The standard InChI is InChI=1S/C34H44N6O4S/c1-25-22-43-19-17-40(25)33(14-4-18-44-24-33)34(23-35-15-20-45-34)27-7-11-29(12-8-27)37-32(42)36-28-9-5-26(6-10-28)31(41)39-16-13-30(21-39)38(2)3/h5-12,15,20,23,25,30H,4,13-14,16-19,21-22,24H2,1-3H3,(H2,36,37,42). The Morgan fingerprint density at radius 1 is 1.00 bits per heavy atom. The number of anilines is 2. The summed E-state index contributed by atoms with van der Waals surface area (Å²) in [5, 5.41) is 7.92. The number of benzene rings is 2. The number of likely N-dealkylation sites (N-methyl/N-ethyl adjacent to an activating group) is 1. The van der Waals surface area contributed by atoms with Crippen molar-refractivity contribution in [3.05, 3.63) is 71.3 Å². The van der Waals surface area contributed by atoms with Crippen molar-refractivity contribution >= 4 is 41.3 Å². The van der Waals surface area contributed by atoms with Gasteiger partial charge in [0.2, 0.25) is 0 Å². The SMILES string of the molecule is CC1COCCN1C1(C2(c3ccc(NC(=O)Nc4ccc(C(=O)N5CCC(N(C)C)C5)cc4)cc3)C=NC=CS2)CCCOC1. The first-order valence-corrected chi connectivity index (χ1v) is 16.7. The Labute approximate surface area is 270 Å². The minimum Gasteiger partial charge on any atom is -0.379 e. The van der Waals surface area contributed by atoms with Gasteiger partial charge in [0.25, 0.3) is 5.91 Å². The van der Waals surface area contributed by atoms with Crippen molar-refractivity contribution in [2.24, 2.45) is 4.99 Å². The number of ether oxygens (including phenoxy) is 2. The highest BCUT2D eigenvalue weighted by atomic mass is 32.2. The summed E-state index contributed by atoms with van der Waals surface area (Å²) in [6.45, 7) is 7.34. The number of morpholine rings is 1. The van der Waals surface area contributed by atoms with E-state index in [1.807, 2.05) is 37.3 Å². The number of aliphatic imine (C=N–C) groups is 1. The zero-order valence-corrected chi connectivity index (χ0v) is 27.2. The number of nitrogens with one attached hydrogen (secondary N) is 2. The van der Waals surface area contributed by atoms with Crippen LogP contribution >= 0.6 is 11.8 Å². The summed E-state index contributed by atoms with van der Waals surface area (Å²) >= 11 is 1.78. The van der Waals surface area contributed by atoms with Crippen LogP contribution in [-0.4, -0.2) is 111 Å². The van der Waals surface area contributed by atoms with Gasteiger partial charge in [-0.2, -0.15) is 0 Å². The van der Waals surface area contributed by atoms with Crippen LogP contribution in [0, 0.1) is 0 Å². The third kappa shape index (κ3) is 6.41. The van der Waals surface area contributed by atoms with Crippen LogP contribution in [0.2, 0.25) is 0 Å². The molecule has 0 aromatic heterocycles. The van der Waals surface area contributed by atoms with Gasteiger partial charge in [-0.05, 0) is 87.7 Å². The van der Waals surface area contributed by atoms with Gasteiger partial charge >= 0.3 is 6.03 Å². The Morgan fingerprint density at radius 3 is 2.33 bits per heavy atom. The van der Waals surface area contributed by atoms with E-state index in [1.165, 1.54) is 0 Å². The van der Waals surface area contributed by atoms with E-state index in [1.54, 1.807) is 36.0 Å². The van der Waals surface area contributed by atoms with Crippen molar-refractivity contribution in [3.8, 4) is 0 Å². The van der Waals surface area contributed by atoms with Gasteiger partial charge in [-0.1, -0.05) is 12.1 Å². The van der Waals surface area contributed by atoms with E-state index in [-0.39, 0.29) is 23.5 Å². The highest BCUT2D eigenvalue weighted by Gasteiger charge is 2.58. The van der Waals surface area contributed by atoms with Crippen LogP contribution in [0.5, 0.6) is 0 Å². The summed E-state index contributed by atoms with van der Waals surface area (Å²) in [6.07, 6.45) is 6.88. The second kappa shape index (κ2) is 13.6. The van der Waals surface area contributed by atoms with Gasteiger partial charge in [-0.15, -0.1) is 11.8 Å². The lowest BCUT2D eigenvalue weighted by Gasteiger charge is -2.58. The van der Waals surface area contributed by atoms with E-state index in [0.717, 1.165) is 51.1 Å². The molecule has 4 unspecified atom stereocenters. The highest BCUT2D eigenvalue weighted by molar-refractivity contribution is 8.03.